The number of carbonyl (C=O) groups excluding carboxylic acids is 1. The molecule has 1 aliphatic heterocycles. The fourth-order valence-electron chi connectivity index (χ4n) is 1.96. The van der Waals surface area contributed by atoms with Crippen molar-refractivity contribution in [2.24, 2.45) is 0 Å². The van der Waals surface area contributed by atoms with Crippen LogP contribution in [-0.4, -0.2) is 23.3 Å². The Morgan fingerprint density at radius 3 is 2.75 bits per heavy atom. The van der Waals surface area contributed by atoms with Crippen LogP contribution in [0.25, 0.3) is 6.08 Å². The van der Waals surface area contributed by atoms with E-state index in [1.165, 1.54) is 24.3 Å². The third-order valence-corrected chi connectivity index (χ3v) is 2.91. The molecule has 0 aromatic heterocycles. The molecule has 2 rings (SSSR count). The van der Waals surface area contributed by atoms with E-state index in [1.54, 1.807) is 0 Å². The summed E-state index contributed by atoms with van der Waals surface area (Å²) >= 11 is 0. The number of esters is 1. The number of ether oxygens (including phenoxy) is 1. The summed E-state index contributed by atoms with van der Waals surface area (Å²) in [7, 11) is 0. The lowest BCUT2D eigenvalue weighted by Gasteiger charge is -2.23. The fraction of sp³-hybridized carbons (Fsp3) is 0.357. The summed E-state index contributed by atoms with van der Waals surface area (Å²) in [6.07, 6.45) is -2.64. The van der Waals surface area contributed by atoms with Crippen LogP contribution in [0.1, 0.15) is 24.0 Å². The quantitative estimate of drug-likeness (QED) is 0.850. The second-order valence-electron chi connectivity index (χ2n) is 4.60. The highest BCUT2D eigenvalue weighted by atomic mass is 19.4. The van der Waals surface area contributed by atoms with Crippen molar-refractivity contribution >= 4 is 12.0 Å². The molecule has 1 saturated heterocycles. The van der Waals surface area contributed by atoms with E-state index in [4.69, 9.17) is 4.74 Å². The van der Waals surface area contributed by atoms with Crippen molar-refractivity contribution in [1.29, 1.82) is 0 Å². The van der Waals surface area contributed by atoms with Crippen LogP contribution in [-0.2, 0) is 15.7 Å². The molecule has 1 aliphatic rings. The Balaban J connectivity index is 2.09. The van der Waals surface area contributed by atoms with E-state index in [0.29, 0.717) is 5.56 Å². The molecule has 108 valence electrons. The lowest BCUT2D eigenvalue weighted by molar-refractivity contribution is -0.156. The zero-order valence-corrected chi connectivity index (χ0v) is 10.4. The van der Waals surface area contributed by atoms with Gasteiger partial charge in [0.25, 0.3) is 0 Å². The predicted molar refractivity (Wildman–Crippen MR) is 65.6 cm³/mol. The predicted octanol–water partition coefficient (Wildman–Crippen LogP) is 2.79. The maximum Gasteiger partial charge on any atom is 0.416 e. The molecule has 1 aromatic carbocycles. The van der Waals surface area contributed by atoms with Gasteiger partial charge < -0.3 is 9.84 Å². The van der Waals surface area contributed by atoms with Crippen molar-refractivity contribution in [2.75, 3.05) is 0 Å². The Morgan fingerprint density at radius 1 is 1.35 bits per heavy atom. The number of benzene rings is 1. The van der Waals surface area contributed by atoms with E-state index in [2.05, 4.69) is 0 Å². The van der Waals surface area contributed by atoms with Gasteiger partial charge in [0.2, 0.25) is 0 Å². The number of cyclic esters (lactones) is 1. The second-order valence-corrected chi connectivity index (χ2v) is 4.60. The molecule has 0 bridgehead atoms. The van der Waals surface area contributed by atoms with Gasteiger partial charge in [0, 0.05) is 6.42 Å². The second kappa shape index (κ2) is 5.66. The minimum absolute atomic E-state index is 0.0477. The molecule has 0 radical (unpaired) electrons. The average Bonchev–Trinajstić information content (AvgIpc) is 2.35. The Bertz CT molecular complexity index is 523. The van der Waals surface area contributed by atoms with Gasteiger partial charge in [-0.25, -0.2) is 0 Å². The molecule has 0 unspecified atom stereocenters. The van der Waals surface area contributed by atoms with E-state index in [9.17, 15) is 23.1 Å². The van der Waals surface area contributed by atoms with Crippen LogP contribution in [0.15, 0.2) is 30.3 Å². The zero-order chi connectivity index (χ0) is 14.8. The van der Waals surface area contributed by atoms with Gasteiger partial charge in [-0.15, -0.1) is 0 Å². The fourth-order valence-corrected chi connectivity index (χ4v) is 1.96. The van der Waals surface area contributed by atoms with Crippen molar-refractivity contribution in [1.82, 2.24) is 0 Å². The number of carbonyl (C=O) groups is 1. The number of hydrogen-bond acceptors (Lipinski definition) is 3. The minimum Gasteiger partial charge on any atom is -0.458 e. The third kappa shape index (κ3) is 3.84. The first-order valence-electron chi connectivity index (χ1n) is 6.07. The molecule has 2 atom stereocenters. The van der Waals surface area contributed by atoms with Crippen molar-refractivity contribution in [2.45, 2.75) is 31.2 Å². The van der Waals surface area contributed by atoms with Gasteiger partial charge in [0.15, 0.2) is 0 Å². The summed E-state index contributed by atoms with van der Waals surface area (Å²) in [4.78, 5) is 11.1. The van der Waals surface area contributed by atoms with Gasteiger partial charge >= 0.3 is 12.1 Å². The van der Waals surface area contributed by atoms with Crippen LogP contribution in [0.5, 0.6) is 0 Å². The monoisotopic (exact) mass is 286 g/mol. The highest BCUT2D eigenvalue weighted by molar-refractivity contribution is 5.71. The van der Waals surface area contributed by atoms with Crippen LogP contribution < -0.4 is 0 Å². The van der Waals surface area contributed by atoms with Gasteiger partial charge in [-0.1, -0.05) is 18.2 Å². The molecule has 0 saturated carbocycles. The number of halogens is 3. The molecule has 0 aliphatic carbocycles. The summed E-state index contributed by atoms with van der Waals surface area (Å²) in [6, 6.07) is 4.83. The first kappa shape index (κ1) is 14.6. The van der Waals surface area contributed by atoms with Gasteiger partial charge in [0.1, 0.15) is 6.10 Å². The van der Waals surface area contributed by atoms with E-state index in [-0.39, 0.29) is 12.8 Å². The molecule has 0 amide bonds. The molecule has 20 heavy (non-hydrogen) atoms. The number of hydrogen-bond donors (Lipinski definition) is 1. The lowest BCUT2D eigenvalue weighted by Crippen LogP contribution is -2.31. The van der Waals surface area contributed by atoms with Crippen molar-refractivity contribution in [3.63, 3.8) is 0 Å². The van der Waals surface area contributed by atoms with Crippen LogP contribution in [0.2, 0.25) is 0 Å². The molecule has 0 spiro atoms. The highest BCUT2D eigenvalue weighted by Gasteiger charge is 2.30. The largest absolute Gasteiger partial charge is 0.458 e. The third-order valence-electron chi connectivity index (χ3n) is 2.91. The van der Waals surface area contributed by atoms with E-state index < -0.39 is 29.9 Å². The molecule has 1 heterocycles. The molecular formula is C14H13F3O3. The maximum absolute atomic E-state index is 12.5. The van der Waals surface area contributed by atoms with Gasteiger partial charge in [-0.05, 0) is 23.8 Å². The summed E-state index contributed by atoms with van der Waals surface area (Å²) in [5.41, 5.74) is -0.378. The summed E-state index contributed by atoms with van der Waals surface area (Å²) < 4.78 is 42.6. The Kier molecular flexibility index (Phi) is 4.13. The Labute approximate surface area is 113 Å². The molecule has 3 nitrogen and oxygen atoms in total. The van der Waals surface area contributed by atoms with E-state index in [1.807, 2.05) is 0 Å². The first-order chi connectivity index (χ1) is 9.34. The van der Waals surface area contributed by atoms with E-state index in [0.717, 1.165) is 12.1 Å². The van der Waals surface area contributed by atoms with Crippen molar-refractivity contribution in [3.05, 3.63) is 41.5 Å². The molecular weight excluding hydrogens is 273 g/mol. The molecule has 1 aromatic rings. The zero-order valence-electron chi connectivity index (χ0n) is 10.4. The topological polar surface area (TPSA) is 46.5 Å². The Morgan fingerprint density at radius 2 is 2.10 bits per heavy atom. The van der Waals surface area contributed by atoms with Crippen LogP contribution in [0.3, 0.4) is 0 Å². The molecule has 1 fully saturated rings. The smallest absolute Gasteiger partial charge is 0.416 e. The molecule has 6 heteroatoms. The van der Waals surface area contributed by atoms with E-state index >= 15 is 0 Å². The SMILES string of the molecule is O=C1C[C@H](O)C[C@@H](C=Cc2cccc(C(F)(F)F)c2)O1. The Hall–Kier alpha value is -1.82. The standard InChI is InChI=1S/C14H13F3O3/c15-14(16,17)10-3-1-2-9(6-10)4-5-12-7-11(18)8-13(19)20-12/h1-6,11-12,18H,7-8H2/t11-,12-/m1/s1. The van der Waals surface area contributed by atoms with Crippen LogP contribution >= 0.6 is 0 Å². The van der Waals surface area contributed by atoms with Crippen LogP contribution in [0.4, 0.5) is 13.2 Å². The van der Waals surface area contributed by atoms with Crippen LogP contribution in [0, 0.1) is 0 Å². The summed E-state index contributed by atoms with van der Waals surface area (Å²) in [6.45, 7) is 0. The summed E-state index contributed by atoms with van der Waals surface area (Å²) in [5, 5.41) is 9.41. The highest BCUT2D eigenvalue weighted by Crippen LogP contribution is 2.29. The maximum atomic E-state index is 12.5. The number of alkyl halides is 3. The first-order valence-corrected chi connectivity index (χ1v) is 6.07. The number of aliphatic hydroxyl groups is 1. The average molecular weight is 286 g/mol. The van der Waals surface area contributed by atoms with Gasteiger partial charge in [0.05, 0.1) is 18.1 Å². The lowest BCUT2D eigenvalue weighted by atomic mass is 10.0. The number of aliphatic hydroxyl groups excluding tert-OH is 1. The van der Waals surface area contributed by atoms with Crippen molar-refractivity contribution < 1.29 is 27.8 Å². The molecule has 1 N–H and O–H groups in total. The minimum atomic E-state index is -4.39. The van der Waals surface area contributed by atoms with Gasteiger partial charge in [-0.3, -0.25) is 4.79 Å². The van der Waals surface area contributed by atoms with Crippen molar-refractivity contribution in [3.8, 4) is 0 Å². The normalized spacial score (nSPS) is 23.9. The summed E-state index contributed by atoms with van der Waals surface area (Å²) in [5.74, 6) is -0.512. The van der Waals surface area contributed by atoms with Gasteiger partial charge in [-0.2, -0.15) is 13.2 Å². The number of rotatable bonds is 2.